The van der Waals surface area contributed by atoms with Crippen molar-refractivity contribution in [1.82, 2.24) is 0 Å². The summed E-state index contributed by atoms with van der Waals surface area (Å²) in [7, 11) is 0. The molecule has 0 spiro atoms. The van der Waals surface area contributed by atoms with E-state index in [9.17, 15) is 18.9 Å². The number of para-hydroxylation sites is 1. The van der Waals surface area contributed by atoms with E-state index in [1.54, 1.807) is 0 Å². The Balaban J connectivity index is 0.000000828. The molecule has 11 heteroatoms. The van der Waals surface area contributed by atoms with Crippen molar-refractivity contribution in [3.63, 3.8) is 0 Å². The van der Waals surface area contributed by atoms with E-state index in [-0.39, 0.29) is 16.1 Å². The van der Waals surface area contributed by atoms with Gasteiger partial charge in [0.25, 0.3) is 0 Å². The van der Waals surface area contributed by atoms with E-state index in [0.717, 1.165) is 30.5 Å². The first-order valence-corrected chi connectivity index (χ1v) is 22.4. The Morgan fingerprint density at radius 2 is 1.42 bits per heavy atom. The number of benzene rings is 4. The molecule has 6 rings (SSSR count). The maximum atomic E-state index is 12.9. The molecule has 4 aromatic carbocycles. The average Bonchev–Trinajstić information content (AvgIpc) is 3.28. The van der Waals surface area contributed by atoms with Crippen molar-refractivity contribution in [2.75, 3.05) is 18.0 Å². The van der Waals surface area contributed by atoms with E-state index >= 15 is 0 Å². The van der Waals surface area contributed by atoms with Gasteiger partial charge in [0, 0.05) is 42.0 Å². The first kappa shape index (κ1) is 41.7. The number of rotatable bonds is 8. The van der Waals surface area contributed by atoms with Crippen LogP contribution < -0.4 is 14.3 Å². The summed E-state index contributed by atoms with van der Waals surface area (Å²) < 4.78 is 57.6. The Hall–Kier alpha value is -4.04. The molecule has 0 saturated carbocycles. The molecule has 0 radical (unpaired) electrons. The fourth-order valence-electron chi connectivity index (χ4n) is 7.17. The van der Waals surface area contributed by atoms with Gasteiger partial charge in [-0.25, -0.2) is 4.79 Å². The van der Waals surface area contributed by atoms with Crippen LogP contribution in [0.25, 0.3) is 6.08 Å². The zero-order valence-corrected chi connectivity index (χ0v) is 33.4. The molecule has 2 heterocycles. The summed E-state index contributed by atoms with van der Waals surface area (Å²) in [4.78, 5) is 15.4. The molecule has 4 nitrogen and oxygen atoms in total. The molecule has 284 valence electrons. The van der Waals surface area contributed by atoms with Gasteiger partial charge in [-0.05, 0) is 91.6 Å². The summed E-state index contributed by atoms with van der Waals surface area (Å²) in [6.45, 7) is 16.6. The van der Waals surface area contributed by atoms with Crippen molar-refractivity contribution >= 4 is 49.4 Å². The van der Waals surface area contributed by atoms with E-state index in [0.29, 0.717) is 23.8 Å². The van der Waals surface area contributed by atoms with E-state index in [4.69, 9.17) is 4.74 Å². The Labute approximate surface area is 313 Å². The van der Waals surface area contributed by atoms with Crippen LogP contribution in [-0.2, 0) is 12.0 Å². The summed E-state index contributed by atoms with van der Waals surface area (Å²) in [5, 5.41) is 0. The van der Waals surface area contributed by atoms with Crippen molar-refractivity contribution in [3.05, 3.63) is 131 Å². The predicted octanol–water partition coefficient (Wildman–Crippen LogP) is 8.53. The first-order valence-electron chi connectivity index (χ1n) is 17.6. The van der Waals surface area contributed by atoms with Gasteiger partial charge in [-0.3, -0.25) is 0 Å². The standard InChI is InChI=1S/C42H47N2O2.6FH.Sb/c1-29(2)34-18-22-37(23-19-34)46-41(45)35-16-11-33(12-17-35)28-44-39-10-8-7-9-38(39)42(5,6)40(44)24-15-32-13-20-36(21-14-32)43-26-30(3)25-31(4)27-43;;;;;;;/h7-24,29-31H,25-28H2,1-6H3;6*1H;/q+1;;;;;;;+5/p-6. The normalized spacial score (nSPS) is 18.8. The first-order chi connectivity index (χ1) is 24.3. The second kappa shape index (κ2) is 16.5. The molecule has 53 heavy (non-hydrogen) atoms. The molecule has 0 N–H and O–H groups in total. The summed E-state index contributed by atoms with van der Waals surface area (Å²) >= 11 is -9.19. The molecular formula is C42H47F6N2O2Sb. The van der Waals surface area contributed by atoms with Crippen LogP contribution in [0.1, 0.15) is 86.5 Å². The van der Waals surface area contributed by atoms with Gasteiger partial charge >= 0.3 is 40.3 Å². The monoisotopic (exact) mass is 846 g/mol. The number of anilines is 1. The predicted molar refractivity (Wildman–Crippen MR) is 202 cm³/mol. The topological polar surface area (TPSA) is 32.5 Å². The third-order valence-electron chi connectivity index (χ3n) is 9.65. The molecule has 0 bridgehead atoms. The van der Waals surface area contributed by atoms with Gasteiger partial charge in [0.1, 0.15) is 5.75 Å². The van der Waals surface area contributed by atoms with Crippen molar-refractivity contribution in [2.45, 2.75) is 65.8 Å². The van der Waals surface area contributed by atoms with E-state index in [1.807, 2.05) is 48.5 Å². The third kappa shape index (κ3) is 11.5. The number of allylic oxidation sites excluding steroid dienone is 1. The van der Waals surface area contributed by atoms with Crippen LogP contribution in [0, 0.1) is 11.8 Å². The Morgan fingerprint density at radius 1 is 0.849 bits per heavy atom. The molecule has 2 unspecified atom stereocenters. The Bertz CT molecular complexity index is 1910. The summed E-state index contributed by atoms with van der Waals surface area (Å²) in [6.07, 6.45) is 5.85. The van der Waals surface area contributed by atoms with Crippen LogP contribution in [0.4, 0.5) is 25.4 Å². The average molecular weight is 848 g/mol. The quantitative estimate of drug-likeness (QED) is 0.0587. The number of fused-ring (bicyclic) bond motifs is 1. The zero-order chi connectivity index (χ0) is 37.9. The van der Waals surface area contributed by atoms with Gasteiger partial charge in [-0.1, -0.05) is 82.3 Å². The molecule has 2 aliphatic heterocycles. The van der Waals surface area contributed by atoms with Crippen molar-refractivity contribution in [3.8, 4) is 5.75 Å². The maximum absolute atomic E-state index is 12.9. The van der Waals surface area contributed by atoms with Gasteiger partial charge < -0.3 is 14.3 Å². The van der Waals surface area contributed by atoms with Crippen LogP contribution >= 0.6 is 0 Å². The van der Waals surface area contributed by atoms with Gasteiger partial charge in [0.15, 0.2) is 12.3 Å². The molecule has 2 atom stereocenters. The number of ether oxygens (including phenoxy) is 1. The number of piperidine rings is 1. The number of hydrogen-bond acceptors (Lipinski definition) is 3. The van der Waals surface area contributed by atoms with Gasteiger partial charge in [-0.2, -0.15) is 4.58 Å². The molecule has 0 amide bonds. The van der Waals surface area contributed by atoms with Crippen LogP contribution in [0.5, 0.6) is 5.75 Å². The second-order valence-electron chi connectivity index (χ2n) is 14.8. The van der Waals surface area contributed by atoms with Gasteiger partial charge in [0.05, 0.1) is 11.0 Å². The molecule has 1 saturated heterocycles. The Kier molecular flexibility index (Phi) is 13.0. The molecular weight excluding hydrogens is 800 g/mol. The summed E-state index contributed by atoms with van der Waals surface area (Å²) in [6, 6.07) is 33.3. The number of esters is 1. The third-order valence-corrected chi connectivity index (χ3v) is 9.65. The SMILES string of the molecule is CC1CC(C)CN(c2ccc(/C=C/C3=[N+](Cc4ccc(C(=O)Oc5ccc(C(C)C)cc5)cc4)c4ccccc4C3(C)C)cc2)C1.[F-].[F][Sb]([F])([F])([F])[F]. The van der Waals surface area contributed by atoms with Gasteiger partial charge in [-0.15, -0.1) is 0 Å². The Morgan fingerprint density at radius 3 is 1.98 bits per heavy atom. The summed E-state index contributed by atoms with van der Waals surface area (Å²) in [5.74, 6) is 2.11. The van der Waals surface area contributed by atoms with E-state index in [2.05, 4.69) is 112 Å². The molecule has 4 aromatic rings. The molecule has 2 aliphatic rings. The van der Waals surface area contributed by atoms with Gasteiger partial charge in [0.2, 0.25) is 5.69 Å². The minimum atomic E-state index is -9.19. The molecule has 0 aliphatic carbocycles. The molecule has 0 aromatic heterocycles. The fraction of sp³-hybridized carbons (Fsp3) is 0.333. The number of nitrogens with zero attached hydrogens (tertiary/aromatic N) is 2. The van der Waals surface area contributed by atoms with Crippen LogP contribution in [0.15, 0.2) is 103 Å². The molecule has 1 fully saturated rings. The number of hydrogen-bond donors (Lipinski definition) is 0. The van der Waals surface area contributed by atoms with Crippen LogP contribution in [0.3, 0.4) is 0 Å². The van der Waals surface area contributed by atoms with Crippen LogP contribution in [0.2, 0.25) is 0 Å². The number of halogens is 6. The van der Waals surface area contributed by atoms with Crippen LogP contribution in [-0.4, -0.2) is 49.6 Å². The second-order valence-corrected chi connectivity index (χ2v) is 18.5. The van der Waals surface area contributed by atoms with Crippen molar-refractivity contribution in [2.24, 2.45) is 11.8 Å². The van der Waals surface area contributed by atoms with E-state index < -0.39 is 20.3 Å². The fourth-order valence-corrected chi connectivity index (χ4v) is 7.17. The zero-order valence-electron chi connectivity index (χ0n) is 30.9. The minimum absolute atomic E-state index is 0. The summed E-state index contributed by atoms with van der Waals surface area (Å²) in [5.41, 5.74) is 9.05. The number of carbonyl (C=O) groups is 1. The van der Waals surface area contributed by atoms with Crippen molar-refractivity contribution in [1.29, 1.82) is 0 Å². The number of carbonyl (C=O) groups excluding carboxylic acids is 1. The van der Waals surface area contributed by atoms with Crippen molar-refractivity contribution < 1.29 is 32.9 Å². The van der Waals surface area contributed by atoms with E-state index in [1.165, 1.54) is 40.2 Å².